The van der Waals surface area contributed by atoms with E-state index in [-0.39, 0.29) is 0 Å². The number of nitrogens with zero attached hydrogens (tertiary/aromatic N) is 1. The lowest BCUT2D eigenvalue weighted by atomic mass is 9.82. The predicted octanol–water partition coefficient (Wildman–Crippen LogP) is 3.77. The molecular formula is C15H22N2. The van der Waals surface area contributed by atoms with Crippen LogP contribution in [0.25, 0.3) is 0 Å². The van der Waals surface area contributed by atoms with Crippen molar-refractivity contribution in [1.82, 2.24) is 4.98 Å². The molecule has 0 aromatic carbocycles. The lowest BCUT2D eigenvalue weighted by Gasteiger charge is -2.30. The highest BCUT2D eigenvalue weighted by Crippen LogP contribution is 2.44. The normalized spacial score (nSPS) is 29.0. The summed E-state index contributed by atoms with van der Waals surface area (Å²) in [5.74, 6) is 2.06. The molecule has 3 rings (SSSR count). The zero-order valence-corrected chi connectivity index (χ0v) is 10.7. The van der Waals surface area contributed by atoms with Gasteiger partial charge in [-0.15, -0.1) is 0 Å². The molecule has 2 fully saturated rings. The van der Waals surface area contributed by atoms with Crippen molar-refractivity contribution in [3.05, 3.63) is 24.0 Å². The van der Waals surface area contributed by atoms with Crippen molar-refractivity contribution >= 4 is 5.69 Å². The highest BCUT2D eigenvalue weighted by Gasteiger charge is 2.34. The lowest BCUT2D eigenvalue weighted by molar-refractivity contribution is 0.303. The Morgan fingerprint density at radius 3 is 2.76 bits per heavy atom. The molecule has 2 heteroatoms. The van der Waals surface area contributed by atoms with Crippen LogP contribution in [0, 0.1) is 18.8 Å². The standard InChI is InChI=1S/C15H22N2/c1-11-7-15(10-16-9-11)17-14-4-2-3-13(8-14)12-5-6-12/h7,9-10,12-14,17H,2-6,8H2,1H3. The number of nitrogens with one attached hydrogen (secondary N) is 1. The van der Waals surface area contributed by atoms with Crippen LogP contribution in [0.5, 0.6) is 0 Å². The van der Waals surface area contributed by atoms with E-state index < -0.39 is 0 Å². The van der Waals surface area contributed by atoms with Crippen molar-refractivity contribution in [2.45, 2.75) is 51.5 Å². The summed E-state index contributed by atoms with van der Waals surface area (Å²) in [6.45, 7) is 2.10. The highest BCUT2D eigenvalue weighted by atomic mass is 14.9. The van der Waals surface area contributed by atoms with Crippen LogP contribution < -0.4 is 5.32 Å². The molecule has 0 aliphatic heterocycles. The number of aryl methyl sites for hydroxylation is 1. The van der Waals surface area contributed by atoms with Crippen molar-refractivity contribution < 1.29 is 0 Å². The summed E-state index contributed by atoms with van der Waals surface area (Å²) in [6, 6.07) is 2.88. The molecule has 0 spiro atoms. The monoisotopic (exact) mass is 230 g/mol. The van der Waals surface area contributed by atoms with Crippen LogP contribution in [-0.4, -0.2) is 11.0 Å². The van der Waals surface area contributed by atoms with E-state index >= 15 is 0 Å². The molecule has 0 saturated heterocycles. The first kappa shape index (κ1) is 11.1. The molecular weight excluding hydrogens is 208 g/mol. The Bertz CT molecular complexity index is 384. The van der Waals surface area contributed by atoms with Gasteiger partial charge in [0.1, 0.15) is 0 Å². The number of aromatic nitrogens is 1. The van der Waals surface area contributed by atoms with Crippen molar-refractivity contribution in [1.29, 1.82) is 0 Å². The maximum atomic E-state index is 4.25. The third-order valence-corrected chi connectivity index (χ3v) is 4.25. The van der Waals surface area contributed by atoms with Gasteiger partial charge < -0.3 is 5.32 Å². The molecule has 17 heavy (non-hydrogen) atoms. The Hall–Kier alpha value is -1.05. The molecule has 1 N–H and O–H groups in total. The summed E-state index contributed by atoms with van der Waals surface area (Å²) >= 11 is 0. The quantitative estimate of drug-likeness (QED) is 0.855. The number of hydrogen-bond donors (Lipinski definition) is 1. The molecule has 2 unspecified atom stereocenters. The highest BCUT2D eigenvalue weighted by molar-refractivity contribution is 5.43. The molecule has 0 bridgehead atoms. The van der Waals surface area contributed by atoms with E-state index in [1.165, 1.54) is 49.8 Å². The molecule has 0 radical (unpaired) electrons. The van der Waals surface area contributed by atoms with E-state index in [0.29, 0.717) is 6.04 Å². The number of pyridine rings is 1. The van der Waals surface area contributed by atoms with Gasteiger partial charge in [-0.1, -0.05) is 12.8 Å². The first-order valence-electron chi connectivity index (χ1n) is 6.99. The second-order valence-electron chi connectivity index (χ2n) is 5.86. The minimum atomic E-state index is 0.679. The van der Waals surface area contributed by atoms with Gasteiger partial charge in [-0.2, -0.15) is 0 Å². The third-order valence-electron chi connectivity index (χ3n) is 4.25. The van der Waals surface area contributed by atoms with Crippen LogP contribution in [0.4, 0.5) is 5.69 Å². The van der Waals surface area contributed by atoms with Gasteiger partial charge >= 0.3 is 0 Å². The van der Waals surface area contributed by atoms with Gasteiger partial charge in [-0.3, -0.25) is 4.98 Å². The zero-order chi connectivity index (χ0) is 11.7. The summed E-state index contributed by atoms with van der Waals surface area (Å²) in [5.41, 5.74) is 2.44. The minimum absolute atomic E-state index is 0.679. The Morgan fingerprint density at radius 1 is 1.12 bits per heavy atom. The summed E-state index contributed by atoms with van der Waals surface area (Å²) in [5, 5.41) is 3.67. The van der Waals surface area contributed by atoms with Gasteiger partial charge in [0.15, 0.2) is 0 Å². The molecule has 2 atom stereocenters. The van der Waals surface area contributed by atoms with E-state index in [1.54, 1.807) is 0 Å². The summed E-state index contributed by atoms with van der Waals surface area (Å²) in [6.07, 6.45) is 12.4. The Morgan fingerprint density at radius 2 is 2.00 bits per heavy atom. The predicted molar refractivity (Wildman–Crippen MR) is 71.1 cm³/mol. The number of hydrogen-bond acceptors (Lipinski definition) is 2. The van der Waals surface area contributed by atoms with Gasteiger partial charge in [0, 0.05) is 18.4 Å². The van der Waals surface area contributed by atoms with Crippen LogP contribution in [0.3, 0.4) is 0 Å². The maximum Gasteiger partial charge on any atom is 0.0531 e. The lowest BCUT2D eigenvalue weighted by Crippen LogP contribution is -2.28. The van der Waals surface area contributed by atoms with Crippen molar-refractivity contribution in [2.75, 3.05) is 5.32 Å². The molecule has 1 aromatic heterocycles. The van der Waals surface area contributed by atoms with Crippen LogP contribution in [0.15, 0.2) is 18.5 Å². The van der Waals surface area contributed by atoms with E-state index in [2.05, 4.69) is 23.3 Å². The van der Waals surface area contributed by atoms with Gasteiger partial charge in [0.25, 0.3) is 0 Å². The Labute approximate surface area is 104 Å². The molecule has 2 aliphatic rings. The Balaban J connectivity index is 1.60. The van der Waals surface area contributed by atoms with E-state index in [1.807, 2.05) is 12.4 Å². The van der Waals surface area contributed by atoms with E-state index in [0.717, 1.165) is 11.8 Å². The Kier molecular flexibility index (Phi) is 3.04. The van der Waals surface area contributed by atoms with Gasteiger partial charge in [0.05, 0.1) is 5.69 Å². The average molecular weight is 230 g/mol. The third kappa shape index (κ3) is 2.80. The van der Waals surface area contributed by atoms with Crippen molar-refractivity contribution in [3.63, 3.8) is 0 Å². The summed E-state index contributed by atoms with van der Waals surface area (Å²) in [7, 11) is 0. The topological polar surface area (TPSA) is 24.9 Å². The second-order valence-corrected chi connectivity index (χ2v) is 5.86. The fraction of sp³-hybridized carbons (Fsp3) is 0.667. The van der Waals surface area contributed by atoms with Gasteiger partial charge in [0.2, 0.25) is 0 Å². The second kappa shape index (κ2) is 4.67. The SMILES string of the molecule is Cc1cncc(NC2CCCC(C3CC3)C2)c1. The van der Waals surface area contributed by atoms with Gasteiger partial charge in [-0.25, -0.2) is 0 Å². The van der Waals surface area contributed by atoms with Crippen LogP contribution >= 0.6 is 0 Å². The molecule has 1 aromatic rings. The zero-order valence-electron chi connectivity index (χ0n) is 10.7. The first-order valence-corrected chi connectivity index (χ1v) is 6.99. The van der Waals surface area contributed by atoms with Crippen LogP contribution in [0.2, 0.25) is 0 Å². The number of anilines is 1. The van der Waals surface area contributed by atoms with Crippen molar-refractivity contribution in [2.24, 2.45) is 11.8 Å². The molecule has 92 valence electrons. The van der Waals surface area contributed by atoms with E-state index in [9.17, 15) is 0 Å². The molecule has 0 amide bonds. The average Bonchev–Trinajstić information content (AvgIpc) is 3.13. The van der Waals surface area contributed by atoms with E-state index in [4.69, 9.17) is 0 Å². The maximum absolute atomic E-state index is 4.25. The molecule has 1 heterocycles. The summed E-state index contributed by atoms with van der Waals surface area (Å²) in [4.78, 5) is 4.25. The fourth-order valence-corrected chi connectivity index (χ4v) is 3.22. The number of rotatable bonds is 3. The largest absolute Gasteiger partial charge is 0.381 e. The van der Waals surface area contributed by atoms with Crippen LogP contribution in [0.1, 0.15) is 44.1 Å². The smallest absolute Gasteiger partial charge is 0.0531 e. The minimum Gasteiger partial charge on any atom is -0.381 e. The van der Waals surface area contributed by atoms with Crippen molar-refractivity contribution in [3.8, 4) is 0 Å². The first-order chi connectivity index (χ1) is 8.31. The molecule has 2 nitrogen and oxygen atoms in total. The molecule has 2 aliphatic carbocycles. The molecule has 2 saturated carbocycles. The van der Waals surface area contributed by atoms with Gasteiger partial charge in [-0.05, 0) is 56.1 Å². The fourth-order valence-electron chi connectivity index (χ4n) is 3.22. The van der Waals surface area contributed by atoms with Crippen LogP contribution in [-0.2, 0) is 0 Å². The summed E-state index contributed by atoms with van der Waals surface area (Å²) < 4.78 is 0.